The van der Waals surface area contributed by atoms with Crippen LogP contribution in [-0.4, -0.2) is 196 Å². The summed E-state index contributed by atoms with van der Waals surface area (Å²) in [6.45, 7) is -4.96. The van der Waals surface area contributed by atoms with E-state index in [9.17, 15) is 76.6 Å². The SMILES string of the molecule is CCCCCCCCCCCCCCCCCCC(CC(O)CO)(CC(O)CO)C(CC(O)CO)(CC(O)CO)C(CC(O)CO)(CC(O)CO)C(=O)O[C@H](CO)[C@H]1OC[C@H](O)[C@H]1O. The molecule has 1 aliphatic heterocycles. The first kappa shape index (κ1) is 60.8. The molecular formula is C46H90O18. The van der Waals surface area contributed by atoms with E-state index in [0.29, 0.717) is 6.42 Å². The van der Waals surface area contributed by atoms with Crippen LogP contribution in [-0.2, 0) is 14.3 Å². The third kappa shape index (κ3) is 19.1. The van der Waals surface area contributed by atoms with Gasteiger partial charge in [-0.15, -0.1) is 0 Å². The first-order valence-corrected chi connectivity index (χ1v) is 24.1. The highest BCUT2D eigenvalue weighted by Gasteiger charge is 2.68. The molecule has 0 aromatic carbocycles. The first-order chi connectivity index (χ1) is 30.6. The van der Waals surface area contributed by atoms with Gasteiger partial charge in [-0.2, -0.15) is 0 Å². The maximum absolute atomic E-state index is 15.4. The number of carbonyl (C=O) groups is 1. The van der Waals surface area contributed by atoms with E-state index in [4.69, 9.17) is 9.47 Å². The molecule has 1 fully saturated rings. The average molecular weight is 931 g/mol. The molecular weight excluding hydrogens is 840 g/mol. The summed E-state index contributed by atoms with van der Waals surface area (Å²) < 4.78 is 11.4. The van der Waals surface area contributed by atoms with E-state index >= 15 is 4.79 Å². The highest BCUT2D eigenvalue weighted by Crippen LogP contribution is 2.67. The van der Waals surface area contributed by atoms with Crippen LogP contribution in [0.2, 0.25) is 0 Å². The fourth-order valence-electron chi connectivity index (χ4n) is 10.5. The molecule has 0 bridgehead atoms. The molecule has 0 spiro atoms. The van der Waals surface area contributed by atoms with Crippen molar-refractivity contribution in [1.82, 2.24) is 0 Å². The molecule has 0 radical (unpaired) electrons. The highest BCUT2D eigenvalue weighted by molar-refractivity contribution is 5.79. The largest absolute Gasteiger partial charge is 0.457 e. The van der Waals surface area contributed by atoms with Crippen LogP contribution in [0.3, 0.4) is 0 Å². The van der Waals surface area contributed by atoms with Crippen LogP contribution in [0.4, 0.5) is 0 Å². The van der Waals surface area contributed by atoms with Crippen molar-refractivity contribution in [3.8, 4) is 0 Å². The lowest BCUT2D eigenvalue weighted by Gasteiger charge is -2.63. The van der Waals surface area contributed by atoms with E-state index in [1.165, 1.54) is 51.4 Å². The van der Waals surface area contributed by atoms with Crippen molar-refractivity contribution >= 4 is 5.97 Å². The summed E-state index contributed by atoms with van der Waals surface area (Å²) in [6.07, 6.45) is -4.63. The topological polar surface area (TPSA) is 339 Å². The number of hydrogen-bond donors (Lipinski definition) is 15. The normalized spacial score (nSPS) is 23.0. The maximum atomic E-state index is 15.4. The molecule has 0 aliphatic carbocycles. The van der Waals surface area contributed by atoms with Crippen LogP contribution in [0.25, 0.3) is 0 Å². The van der Waals surface area contributed by atoms with E-state index in [-0.39, 0.29) is 12.8 Å². The standard InChI is InChI=1S/C46H90O18/c1-2-3-4-5-6-7-8-9-10-11-12-13-14-15-16-17-18-44(19-33(54)25-47,20-34(55)26-48)46(23-37(58)29-51,24-38(59)30-52)45(21-35(56)27-49,22-36(57)28-50)43(62)64-40(31-53)42-41(61)39(60)32-63-42/h33-42,47-61H,2-32H2,1H3/t33?,34?,35?,36?,37?,38?,39-,40+,41+,42+,44?,45?,46?/m0/s1. The number of rotatable bonds is 41. The second-order valence-electron chi connectivity index (χ2n) is 18.7. The maximum Gasteiger partial charge on any atom is 0.313 e. The van der Waals surface area contributed by atoms with Crippen LogP contribution >= 0.6 is 0 Å². The minimum atomic E-state index is -2.58. The molecule has 382 valence electrons. The highest BCUT2D eigenvalue weighted by atomic mass is 16.6. The van der Waals surface area contributed by atoms with Gasteiger partial charge < -0.3 is 86.1 Å². The van der Waals surface area contributed by atoms with Gasteiger partial charge in [-0.1, -0.05) is 110 Å². The minimum absolute atomic E-state index is 0.0879. The van der Waals surface area contributed by atoms with E-state index in [1.54, 1.807) is 0 Å². The zero-order chi connectivity index (χ0) is 48.2. The van der Waals surface area contributed by atoms with E-state index in [0.717, 1.165) is 38.5 Å². The minimum Gasteiger partial charge on any atom is -0.457 e. The van der Waals surface area contributed by atoms with Crippen molar-refractivity contribution in [1.29, 1.82) is 0 Å². The Kier molecular flexibility index (Phi) is 31.7. The molecule has 18 nitrogen and oxygen atoms in total. The Bertz CT molecular complexity index is 1130. The van der Waals surface area contributed by atoms with Gasteiger partial charge >= 0.3 is 5.97 Å². The summed E-state index contributed by atoms with van der Waals surface area (Å²) in [6, 6.07) is 0. The molecule has 0 saturated carbocycles. The molecule has 1 aliphatic rings. The predicted molar refractivity (Wildman–Crippen MR) is 236 cm³/mol. The molecule has 0 amide bonds. The lowest BCUT2D eigenvalue weighted by Crippen LogP contribution is -2.64. The molecule has 6 unspecified atom stereocenters. The quantitative estimate of drug-likeness (QED) is 0.0285. The molecule has 10 atom stereocenters. The number of hydrogen-bond acceptors (Lipinski definition) is 18. The number of unbranched alkanes of at least 4 members (excludes halogenated alkanes) is 15. The van der Waals surface area contributed by atoms with Gasteiger partial charge in [-0.3, -0.25) is 4.79 Å². The zero-order valence-corrected chi connectivity index (χ0v) is 38.6. The Labute approximate surface area is 380 Å². The number of ether oxygens (including phenoxy) is 2. The summed E-state index contributed by atoms with van der Waals surface area (Å²) in [5.74, 6) is -1.41. The van der Waals surface area contributed by atoms with Crippen LogP contribution in [0.5, 0.6) is 0 Å². The molecule has 1 saturated heterocycles. The molecule has 1 heterocycles. The molecule has 64 heavy (non-hydrogen) atoms. The molecule has 1 rings (SSSR count). The third-order valence-corrected chi connectivity index (χ3v) is 13.7. The van der Waals surface area contributed by atoms with Gasteiger partial charge in [0.15, 0.2) is 6.10 Å². The smallest absolute Gasteiger partial charge is 0.313 e. The van der Waals surface area contributed by atoms with Crippen molar-refractivity contribution in [3.05, 3.63) is 0 Å². The second-order valence-corrected chi connectivity index (χ2v) is 18.7. The molecule has 18 heteroatoms. The van der Waals surface area contributed by atoms with Crippen LogP contribution in [0.1, 0.15) is 155 Å². The Morgan fingerprint density at radius 1 is 0.516 bits per heavy atom. The monoisotopic (exact) mass is 931 g/mol. The average Bonchev–Trinajstić information content (AvgIpc) is 3.62. The number of aliphatic hydroxyl groups excluding tert-OH is 15. The fourth-order valence-corrected chi connectivity index (χ4v) is 10.5. The summed E-state index contributed by atoms with van der Waals surface area (Å²) in [5, 5.41) is 162. The second kappa shape index (κ2) is 33.3. The van der Waals surface area contributed by atoms with E-state index in [1.807, 2.05) is 0 Å². The van der Waals surface area contributed by atoms with Gasteiger partial charge in [-0.25, -0.2) is 0 Å². The third-order valence-electron chi connectivity index (χ3n) is 13.7. The Balaban J connectivity index is 3.94. The summed E-state index contributed by atoms with van der Waals surface area (Å²) in [7, 11) is 0. The lowest BCUT2D eigenvalue weighted by atomic mass is 9.41. The van der Waals surface area contributed by atoms with E-state index < -0.39 is 175 Å². The van der Waals surface area contributed by atoms with E-state index in [2.05, 4.69) is 6.92 Å². The van der Waals surface area contributed by atoms with Crippen molar-refractivity contribution < 1.29 is 90.9 Å². The van der Waals surface area contributed by atoms with Gasteiger partial charge in [0.2, 0.25) is 0 Å². The van der Waals surface area contributed by atoms with Crippen molar-refractivity contribution in [2.75, 3.05) is 52.9 Å². The predicted octanol–water partition coefficient (Wildman–Crippen LogP) is 0.0817. The van der Waals surface area contributed by atoms with Gasteiger partial charge in [0, 0.05) is 0 Å². The first-order valence-electron chi connectivity index (χ1n) is 24.1. The molecule has 0 aromatic rings. The van der Waals surface area contributed by atoms with Gasteiger partial charge in [0.05, 0.1) is 94.9 Å². The Morgan fingerprint density at radius 2 is 0.859 bits per heavy atom. The molecule has 15 N–H and O–H groups in total. The fraction of sp³-hybridized carbons (Fsp3) is 0.978. The number of esters is 1. The van der Waals surface area contributed by atoms with Crippen molar-refractivity contribution in [2.45, 2.75) is 216 Å². The molecule has 0 aromatic heterocycles. The summed E-state index contributed by atoms with van der Waals surface area (Å²) in [4.78, 5) is 15.4. The van der Waals surface area contributed by atoms with Gasteiger partial charge in [0.1, 0.15) is 18.3 Å². The lowest BCUT2D eigenvalue weighted by molar-refractivity contribution is -0.227. The van der Waals surface area contributed by atoms with Crippen molar-refractivity contribution in [2.24, 2.45) is 16.2 Å². The van der Waals surface area contributed by atoms with Crippen LogP contribution in [0.15, 0.2) is 0 Å². The number of aliphatic hydroxyl groups is 15. The Hall–Kier alpha value is -1.17. The zero-order valence-electron chi connectivity index (χ0n) is 38.6. The Morgan fingerprint density at radius 3 is 1.19 bits per heavy atom. The number of carbonyl (C=O) groups excluding carboxylic acids is 1. The van der Waals surface area contributed by atoms with Gasteiger partial charge in [-0.05, 0) is 55.8 Å². The summed E-state index contributed by atoms with van der Waals surface area (Å²) in [5.41, 5.74) is -6.74. The summed E-state index contributed by atoms with van der Waals surface area (Å²) >= 11 is 0. The van der Waals surface area contributed by atoms with Crippen molar-refractivity contribution in [3.63, 3.8) is 0 Å². The van der Waals surface area contributed by atoms with Crippen LogP contribution in [0, 0.1) is 16.2 Å². The van der Waals surface area contributed by atoms with Crippen LogP contribution < -0.4 is 0 Å². The van der Waals surface area contributed by atoms with Gasteiger partial charge in [0.25, 0.3) is 0 Å².